The molecule has 0 aliphatic rings. The van der Waals surface area contributed by atoms with Gasteiger partial charge in [-0.2, -0.15) is 0 Å². The van der Waals surface area contributed by atoms with Crippen LogP contribution in [0.3, 0.4) is 0 Å². The van der Waals surface area contributed by atoms with Gasteiger partial charge >= 0.3 is 12.2 Å². The van der Waals surface area contributed by atoms with Gasteiger partial charge in [0.25, 0.3) is 0 Å². The molecule has 0 radical (unpaired) electrons. The maximum absolute atomic E-state index is 11.0. The highest BCUT2D eigenvalue weighted by atomic mass is 16.6. The van der Waals surface area contributed by atoms with Crippen molar-refractivity contribution in [2.75, 3.05) is 13.2 Å². The summed E-state index contributed by atoms with van der Waals surface area (Å²) in [6, 6.07) is 0. The van der Waals surface area contributed by atoms with Crippen LogP contribution in [0.4, 0.5) is 9.59 Å². The Bertz CT molecular complexity index is 267. The summed E-state index contributed by atoms with van der Waals surface area (Å²) in [6.07, 6.45) is 4.04. The minimum Gasteiger partial charge on any atom is -0.447 e. The molecular formula is C12H22N2O4. The highest BCUT2D eigenvalue weighted by molar-refractivity contribution is 5.73. The topological polar surface area (TPSA) is 77.3 Å². The van der Waals surface area contributed by atoms with E-state index in [1.807, 2.05) is 6.92 Å². The SMILES string of the molecule is CCCCCCOC(=O)N=NC(=O)OCCCC. The Morgan fingerprint density at radius 3 is 1.78 bits per heavy atom. The van der Waals surface area contributed by atoms with Crippen LogP contribution in [0.15, 0.2) is 10.2 Å². The summed E-state index contributed by atoms with van der Waals surface area (Å²) < 4.78 is 9.44. The molecule has 0 aliphatic carbocycles. The number of hydrogen-bond donors (Lipinski definition) is 0. The first-order valence-electron chi connectivity index (χ1n) is 6.46. The summed E-state index contributed by atoms with van der Waals surface area (Å²) in [4.78, 5) is 22.0. The van der Waals surface area contributed by atoms with E-state index in [1.165, 1.54) is 0 Å². The second kappa shape index (κ2) is 12.0. The molecule has 0 aromatic rings. The third-order valence-electron chi connectivity index (χ3n) is 2.16. The minimum absolute atomic E-state index is 0.292. The minimum atomic E-state index is -0.855. The Hall–Kier alpha value is -1.46. The van der Waals surface area contributed by atoms with Gasteiger partial charge in [-0.1, -0.05) is 49.8 Å². The van der Waals surface area contributed by atoms with Crippen LogP contribution in [-0.4, -0.2) is 25.4 Å². The summed E-state index contributed by atoms with van der Waals surface area (Å²) >= 11 is 0. The standard InChI is InChI=1S/C12H22N2O4/c1-3-5-7-8-10-18-12(16)14-13-11(15)17-9-6-4-2/h3-10H2,1-2H3. The van der Waals surface area contributed by atoms with Gasteiger partial charge in [-0.05, 0) is 12.8 Å². The number of amides is 2. The lowest BCUT2D eigenvalue weighted by Crippen LogP contribution is -2.03. The van der Waals surface area contributed by atoms with Crippen LogP contribution in [0.1, 0.15) is 52.4 Å². The third-order valence-corrected chi connectivity index (χ3v) is 2.16. The van der Waals surface area contributed by atoms with Crippen LogP contribution in [0.5, 0.6) is 0 Å². The number of unbranched alkanes of at least 4 members (excludes halogenated alkanes) is 4. The lowest BCUT2D eigenvalue weighted by Gasteiger charge is -2.00. The molecule has 6 nitrogen and oxygen atoms in total. The van der Waals surface area contributed by atoms with Crippen LogP contribution in [0, 0.1) is 0 Å². The zero-order chi connectivity index (χ0) is 13.6. The number of nitrogens with zero attached hydrogens (tertiary/aromatic N) is 2. The number of carbonyl (C=O) groups excluding carboxylic acids is 2. The predicted molar refractivity (Wildman–Crippen MR) is 66.6 cm³/mol. The zero-order valence-corrected chi connectivity index (χ0v) is 11.2. The van der Waals surface area contributed by atoms with Crippen molar-refractivity contribution in [1.82, 2.24) is 0 Å². The summed E-state index contributed by atoms with van der Waals surface area (Å²) in [5.74, 6) is 0. The Morgan fingerprint density at radius 2 is 1.28 bits per heavy atom. The molecule has 0 aromatic heterocycles. The van der Waals surface area contributed by atoms with Crippen molar-refractivity contribution < 1.29 is 19.1 Å². The molecule has 0 bridgehead atoms. The average molecular weight is 258 g/mol. The van der Waals surface area contributed by atoms with Gasteiger partial charge in [-0.15, -0.1) is 0 Å². The van der Waals surface area contributed by atoms with Crippen LogP contribution < -0.4 is 0 Å². The number of ether oxygens (including phenoxy) is 2. The summed E-state index contributed by atoms with van der Waals surface area (Å²) in [5, 5.41) is 6.21. The lowest BCUT2D eigenvalue weighted by atomic mass is 10.2. The largest absolute Gasteiger partial charge is 0.452 e. The Balaban J connectivity index is 3.57. The highest BCUT2D eigenvalue weighted by Gasteiger charge is 2.03. The van der Waals surface area contributed by atoms with Gasteiger partial charge in [0.05, 0.1) is 13.2 Å². The molecular weight excluding hydrogens is 236 g/mol. The molecule has 0 atom stereocenters. The van der Waals surface area contributed by atoms with Crippen molar-refractivity contribution in [2.45, 2.75) is 52.4 Å². The molecule has 0 saturated carbocycles. The molecule has 0 saturated heterocycles. The van der Waals surface area contributed by atoms with Crippen molar-refractivity contribution in [1.29, 1.82) is 0 Å². The van der Waals surface area contributed by atoms with Crippen molar-refractivity contribution >= 4 is 12.2 Å². The lowest BCUT2D eigenvalue weighted by molar-refractivity contribution is 0.144. The first kappa shape index (κ1) is 16.5. The van der Waals surface area contributed by atoms with Crippen LogP contribution >= 0.6 is 0 Å². The summed E-state index contributed by atoms with van der Waals surface area (Å²) in [5.41, 5.74) is 0. The molecule has 0 heterocycles. The fraction of sp³-hybridized carbons (Fsp3) is 0.833. The number of hydrogen-bond acceptors (Lipinski definition) is 4. The van der Waals surface area contributed by atoms with E-state index in [9.17, 15) is 9.59 Å². The van der Waals surface area contributed by atoms with Gasteiger partial charge in [-0.3, -0.25) is 0 Å². The van der Waals surface area contributed by atoms with Gasteiger partial charge in [-0.25, -0.2) is 9.59 Å². The van der Waals surface area contributed by atoms with E-state index in [0.29, 0.717) is 13.2 Å². The fourth-order valence-electron chi connectivity index (χ4n) is 1.13. The van der Waals surface area contributed by atoms with Crippen molar-refractivity contribution in [3.63, 3.8) is 0 Å². The quantitative estimate of drug-likeness (QED) is 0.485. The molecule has 6 heteroatoms. The van der Waals surface area contributed by atoms with Gasteiger partial charge in [0.15, 0.2) is 0 Å². The third kappa shape index (κ3) is 11.0. The summed E-state index contributed by atoms with van der Waals surface area (Å²) in [7, 11) is 0. The van der Waals surface area contributed by atoms with Gasteiger partial charge in [0.1, 0.15) is 0 Å². The average Bonchev–Trinajstić information content (AvgIpc) is 2.36. The molecule has 18 heavy (non-hydrogen) atoms. The van der Waals surface area contributed by atoms with E-state index >= 15 is 0 Å². The normalized spacial score (nSPS) is 10.6. The van der Waals surface area contributed by atoms with Gasteiger partial charge in [0, 0.05) is 0 Å². The van der Waals surface area contributed by atoms with Gasteiger partial charge < -0.3 is 9.47 Å². The van der Waals surface area contributed by atoms with E-state index in [0.717, 1.165) is 38.5 Å². The Morgan fingerprint density at radius 1 is 0.778 bits per heavy atom. The number of carbonyl (C=O) groups is 2. The predicted octanol–water partition coefficient (Wildman–Crippen LogP) is 4.09. The fourth-order valence-corrected chi connectivity index (χ4v) is 1.13. The molecule has 0 rings (SSSR count). The molecule has 0 spiro atoms. The maximum atomic E-state index is 11.0. The Kier molecular flexibility index (Phi) is 11.0. The Labute approximate surface area is 108 Å². The highest BCUT2D eigenvalue weighted by Crippen LogP contribution is 2.00. The first-order valence-corrected chi connectivity index (χ1v) is 6.46. The molecule has 0 aliphatic heterocycles. The molecule has 0 N–H and O–H groups in total. The number of azo groups is 1. The number of rotatable bonds is 8. The van der Waals surface area contributed by atoms with Crippen LogP contribution in [-0.2, 0) is 9.47 Å². The first-order chi connectivity index (χ1) is 8.70. The molecule has 0 unspecified atom stereocenters. The van der Waals surface area contributed by atoms with Crippen molar-refractivity contribution in [2.24, 2.45) is 10.2 Å². The smallest absolute Gasteiger partial charge is 0.447 e. The van der Waals surface area contributed by atoms with Crippen LogP contribution in [0.2, 0.25) is 0 Å². The van der Waals surface area contributed by atoms with Gasteiger partial charge in [0.2, 0.25) is 0 Å². The van der Waals surface area contributed by atoms with Crippen molar-refractivity contribution in [3.8, 4) is 0 Å². The second-order valence-electron chi connectivity index (χ2n) is 3.84. The monoisotopic (exact) mass is 258 g/mol. The molecule has 2 amide bonds. The van der Waals surface area contributed by atoms with E-state index < -0.39 is 12.2 Å². The summed E-state index contributed by atoms with van der Waals surface area (Å²) in [6.45, 7) is 4.68. The van der Waals surface area contributed by atoms with Crippen LogP contribution in [0.25, 0.3) is 0 Å². The van der Waals surface area contributed by atoms with Crippen molar-refractivity contribution in [3.05, 3.63) is 0 Å². The second-order valence-corrected chi connectivity index (χ2v) is 3.84. The zero-order valence-electron chi connectivity index (χ0n) is 11.2. The molecule has 0 fully saturated rings. The van der Waals surface area contributed by atoms with E-state index in [-0.39, 0.29) is 0 Å². The van der Waals surface area contributed by atoms with E-state index in [1.54, 1.807) is 0 Å². The molecule has 104 valence electrons. The van der Waals surface area contributed by atoms with E-state index in [4.69, 9.17) is 4.74 Å². The van der Waals surface area contributed by atoms with E-state index in [2.05, 4.69) is 21.9 Å². The molecule has 0 aromatic carbocycles. The maximum Gasteiger partial charge on any atom is 0.452 e.